The first-order valence-electron chi connectivity index (χ1n) is 7.68. The summed E-state index contributed by atoms with van der Waals surface area (Å²) in [6.45, 7) is 4.76. The second-order valence-electron chi connectivity index (χ2n) is 6.03. The number of nitrogens with one attached hydrogen (secondary N) is 1. The van der Waals surface area contributed by atoms with Crippen LogP contribution in [0.15, 0.2) is 0 Å². The third-order valence-corrected chi connectivity index (χ3v) is 4.39. The predicted octanol–water partition coefficient (Wildman–Crippen LogP) is 0.0902. The summed E-state index contributed by atoms with van der Waals surface area (Å²) >= 11 is 0. The lowest BCUT2D eigenvalue weighted by molar-refractivity contribution is -0.141. The van der Waals surface area contributed by atoms with Crippen molar-refractivity contribution in [3.63, 3.8) is 0 Å². The summed E-state index contributed by atoms with van der Waals surface area (Å²) in [6.07, 6.45) is 3.00. The van der Waals surface area contributed by atoms with Crippen LogP contribution in [-0.4, -0.2) is 76.4 Å². The number of urea groups is 1. The largest absolute Gasteiger partial charge is 0.480 e. The molecule has 2 aliphatic rings. The molecule has 0 aromatic carbocycles. The third-order valence-electron chi connectivity index (χ3n) is 4.39. The van der Waals surface area contributed by atoms with Gasteiger partial charge >= 0.3 is 12.0 Å². The number of amides is 2. The van der Waals surface area contributed by atoms with E-state index in [4.69, 9.17) is 5.11 Å². The van der Waals surface area contributed by atoms with E-state index in [0.29, 0.717) is 6.54 Å². The molecule has 2 heterocycles. The quantitative estimate of drug-likeness (QED) is 0.684. The minimum atomic E-state index is -1.06. The molecule has 2 fully saturated rings. The van der Waals surface area contributed by atoms with E-state index in [0.717, 1.165) is 13.1 Å². The maximum absolute atomic E-state index is 12.1. The first kappa shape index (κ1) is 16.0. The SMILES string of the molecule is CC(CNC(=O)N1CC(O)C[C@H]1C(=O)O)N1CCCCC1. The molecule has 7 nitrogen and oxygen atoms in total. The summed E-state index contributed by atoms with van der Waals surface area (Å²) in [5.74, 6) is -1.06. The number of aliphatic carboxylic acids is 1. The molecule has 2 rings (SSSR count). The molecule has 0 saturated carbocycles. The fraction of sp³-hybridized carbons (Fsp3) is 0.857. The summed E-state index contributed by atoms with van der Waals surface area (Å²) < 4.78 is 0. The van der Waals surface area contributed by atoms with E-state index < -0.39 is 24.1 Å². The first-order valence-corrected chi connectivity index (χ1v) is 7.68. The van der Waals surface area contributed by atoms with Gasteiger partial charge in [-0.15, -0.1) is 0 Å². The van der Waals surface area contributed by atoms with Gasteiger partial charge in [-0.25, -0.2) is 9.59 Å². The van der Waals surface area contributed by atoms with Crippen molar-refractivity contribution in [1.29, 1.82) is 0 Å². The van der Waals surface area contributed by atoms with E-state index in [2.05, 4.69) is 17.1 Å². The molecule has 0 aromatic rings. The van der Waals surface area contributed by atoms with Crippen LogP contribution in [0.1, 0.15) is 32.6 Å². The number of carbonyl (C=O) groups excluding carboxylic acids is 1. The van der Waals surface area contributed by atoms with Gasteiger partial charge in [0, 0.05) is 25.6 Å². The highest BCUT2D eigenvalue weighted by molar-refractivity contribution is 5.83. The molecule has 0 spiro atoms. The van der Waals surface area contributed by atoms with Crippen LogP contribution in [-0.2, 0) is 4.79 Å². The van der Waals surface area contributed by atoms with Crippen molar-refractivity contribution < 1.29 is 19.8 Å². The van der Waals surface area contributed by atoms with Crippen LogP contribution in [0, 0.1) is 0 Å². The first-order chi connectivity index (χ1) is 9.99. The zero-order chi connectivity index (χ0) is 15.4. The fourth-order valence-corrected chi connectivity index (χ4v) is 3.10. The lowest BCUT2D eigenvalue weighted by Gasteiger charge is -2.33. The van der Waals surface area contributed by atoms with E-state index in [1.807, 2.05) is 0 Å². The lowest BCUT2D eigenvalue weighted by atomic mass is 10.1. The van der Waals surface area contributed by atoms with Gasteiger partial charge in [-0.1, -0.05) is 6.42 Å². The van der Waals surface area contributed by atoms with Crippen LogP contribution in [0.5, 0.6) is 0 Å². The number of rotatable bonds is 4. The number of hydrogen-bond donors (Lipinski definition) is 3. The molecule has 21 heavy (non-hydrogen) atoms. The van der Waals surface area contributed by atoms with E-state index >= 15 is 0 Å². The Morgan fingerprint density at radius 2 is 1.95 bits per heavy atom. The molecule has 0 radical (unpaired) electrons. The number of piperidine rings is 1. The summed E-state index contributed by atoms with van der Waals surface area (Å²) in [4.78, 5) is 26.8. The summed E-state index contributed by atoms with van der Waals surface area (Å²) in [6, 6.07) is -1.09. The number of nitrogens with zero attached hydrogens (tertiary/aromatic N) is 2. The molecule has 120 valence electrons. The van der Waals surface area contributed by atoms with Crippen LogP contribution in [0.3, 0.4) is 0 Å². The Balaban J connectivity index is 1.81. The van der Waals surface area contributed by atoms with Gasteiger partial charge < -0.3 is 20.4 Å². The van der Waals surface area contributed by atoms with Crippen molar-refractivity contribution in [3.05, 3.63) is 0 Å². The Hall–Kier alpha value is -1.34. The standard InChI is InChI=1S/C14H25N3O4/c1-10(16-5-3-2-4-6-16)8-15-14(21)17-9-11(18)7-12(17)13(19)20/h10-12,18H,2-9H2,1H3,(H,15,21)(H,19,20)/t10?,11?,12-/m0/s1. The number of aliphatic hydroxyl groups is 1. The number of carboxylic acids is 1. The average Bonchev–Trinajstić information content (AvgIpc) is 2.87. The molecule has 2 saturated heterocycles. The lowest BCUT2D eigenvalue weighted by Crippen LogP contribution is -2.50. The molecular formula is C14H25N3O4. The second kappa shape index (κ2) is 7.09. The van der Waals surface area contributed by atoms with E-state index in [-0.39, 0.29) is 19.0 Å². The Morgan fingerprint density at radius 1 is 1.29 bits per heavy atom. The van der Waals surface area contributed by atoms with Gasteiger partial charge in [0.1, 0.15) is 6.04 Å². The van der Waals surface area contributed by atoms with Crippen molar-refractivity contribution in [3.8, 4) is 0 Å². The highest BCUT2D eigenvalue weighted by Gasteiger charge is 2.39. The second-order valence-corrected chi connectivity index (χ2v) is 6.03. The van der Waals surface area contributed by atoms with Crippen LogP contribution < -0.4 is 5.32 Å². The Labute approximate surface area is 124 Å². The minimum absolute atomic E-state index is 0.0842. The minimum Gasteiger partial charge on any atom is -0.480 e. The van der Waals surface area contributed by atoms with Crippen LogP contribution in [0.25, 0.3) is 0 Å². The normalized spacial score (nSPS) is 28.4. The van der Waals surface area contributed by atoms with E-state index in [1.54, 1.807) is 0 Å². The van der Waals surface area contributed by atoms with Gasteiger partial charge in [0.05, 0.1) is 6.10 Å². The molecule has 2 aliphatic heterocycles. The van der Waals surface area contributed by atoms with Crippen molar-refractivity contribution >= 4 is 12.0 Å². The van der Waals surface area contributed by atoms with Crippen molar-refractivity contribution in [2.45, 2.75) is 50.8 Å². The molecule has 0 bridgehead atoms. The number of β-amino-alcohol motifs (C(OH)–C–C–N with tert-alkyl or cyclic N) is 1. The number of likely N-dealkylation sites (tertiary alicyclic amines) is 2. The maximum atomic E-state index is 12.1. The third kappa shape index (κ3) is 4.07. The van der Waals surface area contributed by atoms with Crippen LogP contribution in [0.4, 0.5) is 4.79 Å². The van der Waals surface area contributed by atoms with E-state index in [9.17, 15) is 14.7 Å². The number of carboxylic acid groups (broad SMARTS) is 1. The Bertz CT molecular complexity index is 384. The maximum Gasteiger partial charge on any atom is 0.326 e. The zero-order valence-electron chi connectivity index (χ0n) is 12.5. The number of hydrogen-bond acceptors (Lipinski definition) is 4. The fourth-order valence-electron chi connectivity index (χ4n) is 3.10. The molecule has 0 aliphatic carbocycles. The van der Waals surface area contributed by atoms with E-state index in [1.165, 1.54) is 24.2 Å². The molecular weight excluding hydrogens is 274 g/mol. The number of carbonyl (C=O) groups is 2. The summed E-state index contributed by atoms with van der Waals surface area (Å²) in [5, 5.41) is 21.4. The van der Waals surface area contributed by atoms with Crippen molar-refractivity contribution in [2.75, 3.05) is 26.2 Å². The highest BCUT2D eigenvalue weighted by atomic mass is 16.4. The molecule has 0 aromatic heterocycles. The molecule has 7 heteroatoms. The summed E-state index contributed by atoms with van der Waals surface area (Å²) in [7, 11) is 0. The van der Waals surface area contributed by atoms with Crippen LogP contribution >= 0.6 is 0 Å². The number of aliphatic hydroxyl groups excluding tert-OH is 1. The van der Waals surface area contributed by atoms with Crippen LogP contribution in [0.2, 0.25) is 0 Å². The van der Waals surface area contributed by atoms with Gasteiger partial charge in [0.2, 0.25) is 0 Å². The predicted molar refractivity (Wildman–Crippen MR) is 77.0 cm³/mol. The van der Waals surface area contributed by atoms with Gasteiger partial charge in [-0.05, 0) is 32.9 Å². The Morgan fingerprint density at radius 3 is 2.57 bits per heavy atom. The smallest absolute Gasteiger partial charge is 0.326 e. The van der Waals surface area contributed by atoms with Crippen molar-refractivity contribution in [2.24, 2.45) is 0 Å². The van der Waals surface area contributed by atoms with Gasteiger partial charge in [0.15, 0.2) is 0 Å². The molecule has 3 N–H and O–H groups in total. The monoisotopic (exact) mass is 299 g/mol. The van der Waals surface area contributed by atoms with Gasteiger partial charge in [0.25, 0.3) is 0 Å². The molecule has 3 atom stereocenters. The highest BCUT2D eigenvalue weighted by Crippen LogP contribution is 2.18. The topological polar surface area (TPSA) is 93.1 Å². The Kier molecular flexibility index (Phi) is 5.41. The molecule has 2 unspecified atom stereocenters. The van der Waals surface area contributed by atoms with Crippen molar-refractivity contribution in [1.82, 2.24) is 15.1 Å². The van der Waals surface area contributed by atoms with Gasteiger partial charge in [-0.2, -0.15) is 0 Å². The molecule has 2 amide bonds. The zero-order valence-corrected chi connectivity index (χ0v) is 12.5. The summed E-state index contributed by atoms with van der Waals surface area (Å²) in [5.41, 5.74) is 0. The van der Waals surface area contributed by atoms with Gasteiger partial charge in [-0.3, -0.25) is 4.90 Å². The average molecular weight is 299 g/mol.